The van der Waals surface area contributed by atoms with Gasteiger partial charge in [-0.05, 0) is 56.8 Å². The van der Waals surface area contributed by atoms with Gasteiger partial charge in [-0.15, -0.1) is 0 Å². The Hall–Kier alpha value is -0.0800. The Labute approximate surface area is 100 Å². The first-order chi connectivity index (χ1) is 7.79. The quantitative estimate of drug-likeness (QED) is 0.609. The molecule has 2 rings (SSSR count). The van der Waals surface area contributed by atoms with Gasteiger partial charge in [0, 0.05) is 25.8 Å². The van der Waals surface area contributed by atoms with Crippen molar-refractivity contribution >= 4 is 0 Å². The fraction of sp³-hybridized carbons (Fsp3) is 1.00. The molecule has 0 aromatic heterocycles. The molecule has 0 bridgehead atoms. The molecule has 2 aliphatic rings. The molecule has 0 amide bonds. The molecule has 2 aliphatic carbocycles. The minimum absolute atomic E-state index is 0.609. The zero-order chi connectivity index (χ0) is 11.4. The number of rotatable bonds is 9. The molecule has 0 saturated heterocycles. The van der Waals surface area contributed by atoms with Crippen LogP contribution in [0.3, 0.4) is 0 Å². The van der Waals surface area contributed by atoms with Gasteiger partial charge in [-0.25, -0.2) is 0 Å². The third-order valence-corrected chi connectivity index (χ3v) is 4.31. The number of ether oxygens (including phenoxy) is 1. The number of hydrogen-bond donors (Lipinski definition) is 1. The molecule has 0 spiro atoms. The van der Waals surface area contributed by atoms with Gasteiger partial charge in [0.25, 0.3) is 0 Å². The van der Waals surface area contributed by atoms with Crippen LogP contribution in [-0.2, 0) is 4.74 Å². The van der Waals surface area contributed by atoms with Crippen molar-refractivity contribution < 1.29 is 4.74 Å². The molecular formula is C14H27NO. The van der Waals surface area contributed by atoms with Gasteiger partial charge in [-0.1, -0.05) is 6.92 Å². The molecule has 2 heteroatoms. The van der Waals surface area contributed by atoms with E-state index >= 15 is 0 Å². The van der Waals surface area contributed by atoms with E-state index in [9.17, 15) is 0 Å². The fourth-order valence-corrected chi connectivity index (χ4v) is 2.62. The molecule has 1 atom stereocenters. The first-order valence-corrected chi connectivity index (χ1v) is 7.11. The van der Waals surface area contributed by atoms with E-state index in [2.05, 4.69) is 19.2 Å². The zero-order valence-electron chi connectivity index (χ0n) is 10.9. The molecule has 94 valence electrons. The highest BCUT2D eigenvalue weighted by Gasteiger charge is 2.42. The normalized spacial score (nSPS) is 24.4. The smallest absolute Gasteiger partial charge is 0.0471 e. The second-order valence-corrected chi connectivity index (χ2v) is 5.68. The van der Waals surface area contributed by atoms with Crippen molar-refractivity contribution in [2.45, 2.75) is 58.4 Å². The van der Waals surface area contributed by atoms with Gasteiger partial charge in [-0.3, -0.25) is 0 Å². The standard InChI is InChI=1S/C14H27NO/c1-3-13(12-5-6-12)15-11-14(7-8-14)9-10-16-4-2/h12-13,15H,3-11H2,1-2H3. The summed E-state index contributed by atoms with van der Waals surface area (Å²) in [5.74, 6) is 0.993. The molecule has 0 heterocycles. The van der Waals surface area contributed by atoms with E-state index in [0.29, 0.717) is 5.41 Å². The van der Waals surface area contributed by atoms with Crippen LogP contribution in [-0.4, -0.2) is 25.8 Å². The highest BCUT2D eigenvalue weighted by molar-refractivity contribution is 4.96. The van der Waals surface area contributed by atoms with Crippen LogP contribution in [0, 0.1) is 11.3 Å². The fourth-order valence-electron chi connectivity index (χ4n) is 2.62. The van der Waals surface area contributed by atoms with E-state index in [1.807, 2.05) is 0 Å². The summed E-state index contributed by atoms with van der Waals surface area (Å²) >= 11 is 0. The maximum absolute atomic E-state index is 5.47. The Morgan fingerprint density at radius 3 is 2.56 bits per heavy atom. The second kappa shape index (κ2) is 5.50. The van der Waals surface area contributed by atoms with Crippen molar-refractivity contribution in [2.75, 3.05) is 19.8 Å². The predicted molar refractivity (Wildman–Crippen MR) is 67.6 cm³/mol. The van der Waals surface area contributed by atoms with E-state index in [4.69, 9.17) is 4.74 Å². The van der Waals surface area contributed by atoms with Crippen molar-refractivity contribution in [2.24, 2.45) is 11.3 Å². The Kier molecular flexibility index (Phi) is 4.26. The molecule has 0 aromatic carbocycles. The van der Waals surface area contributed by atoms with Crippen LogP contribution >= 0.6 is 0 Å². The summed E-state index contributed by atoms with van der Waals surface area (Å²) in [7, 11) is 0. The van der Waals surface area contributed by atoms with Gasteiger partial charge in [-0.2, -0.15) is 0 Å². The van der Waals surface area contributed by atoms with Crippen LogP contribution in [0.25, 0.3) is 0 Å². The van der Waals surface area contributed by atoms with Crippen LogP contribution in [0.15, 0.2) is 0 Å². The minimum atomic E-state index is 0.609. The third kappa shape index (κ3) is 3.46. The predicted octanol–water partition coefficient (Wildman–Crippen LogP) is 2.97. The first-order valence-electron chi connectivity index (χ1n) is 7.11. The summed E-state index contributed by atoms with van der Waals surface area (Å²) in [4.78, 5) is 0. The lowest BCUT2D eigenvalue weighted by atomic mass is 10.0. The topological polar surface area (TPSA) is 21.3 Å². The molecule has 0 aromatic rings. The van der Waals surface area contributed by atoms with Crippen LogP contribution in [0.4, 0.5) is 0 Å². The lowest BCUT2D eigenvalue weighted by Crippen LogP contribution is -2.35. The van der Waals surface area contributed by atoms with Gasteiger partial charge in [0.05, 0.1) is 0 Å². The highest BCUT2D eigenvalue weighted by Crippen LogP contribution is 2.48. The Morgan fingerprint density at radius 1 is 1.31 bits per heavy atom. The van der Waals surface area contributed by atoms with Crippen molar-refractivity contribution in [3.63, 3.8) is 0 Å². The van der Waals surface area contributed by atoms with E-state index in [1.165, 1.54) is 45.1 Å². The minimum Gasteiger partial charge on any atom is -0.382 e. The maximum atomic E-state index is 5.47. The zero-order valence-corrected chi connectivity index (χ0v) is 10.9. The van der Waals surface area contributed by atoms with Gasteiger partial charge in [0.15, 0.2) is 0 Å². The van der Waals surface area contributed by atoms with Crippen molar-refractivity contribution in [3.8, 4) is 0 Å². The van der Waals surface area contributed by atoms with Crippen molar-refractivity contribution in [1.29, 1.82) is 0 Å². The summed E-state index contributed by atoms with van der Waals surface area (Å²) in [5, 5.41) is 3.81. The molecule has 16 heavy (non-hydrogen) atoms. The van der Waals surface area contributed by atoms with Gasteiger partial charge in [0.2, 0.25) is 0 Å². The average molecular weight is 225 g/mol. The summed E-state index contributed by atoms with van der Waals surface area (Å²) in [6.45, 7) is 7.45. The molecule has 2 fully saturated rings. The first kappa shape index (κ1) is 12.4. The molecule has 1 unspecified atom stereocenters. The molecular weight excluding hydrogens is 198 g/mol. The molecule has 2 saturated carbocycles. The van der Waals surface area contributed by atoms with Crippen molar-refractivity contribution in [1.82, 2.24) is 5.32 Å². The molecule has 2 nitrogen and oxygen atoms in total. The van der Waals surface area contributed by atoms with Crippen molar-refractivity contribution in [3.05, 3.63) is 0 Å². The molecule has 0 aliphatic heterocycles. The SMILES string of the molecule is CCOCCC1(CNC(CC)C2CC2)CC1. The Bertz CT molecular complexity index is 209. The largest absolute Gasteiger partial charge is 0.382 e. The summed E-state index contributed by atoms with van der Waals surface area (Å²) in [6.07, 6.45) is 8.29. The van der Waals surface area contributed by atoms with Crippen LogP contribution < -0.4 is 5.32 Å². The van der Waals surface area contributed by atoms with Gasteiger partial charge >= 0.3 is 0 Å². The monoisotopic (exact) mass is 225 g/mol. The van der Waals surface area contributed by atoms with E-state index in [-0.39, 0.29) is 0 Å². The number of hydrogen-bond acceptors (Lipinski definition) is 2. The van der Waals surface area contributed by atoms with E-state index in [0.717, 1.165) is 25.2 Å². The number of nitrogens with one attached hydrogen (secondary N) is 1. The van der Waals surface area contributed by atoms with Crippen LogP contribution in [0.2, 0.25) is 0 Å². The molecule has 0 radical (unpaired) electrons. The summed E-state index contributed by atoms with van der Waals surface area (Å²) in [6, 6.07) is 0.796. The third-order valence-electron chi connectivity index (χ3n) is 4.31. The summed E-state index contributed by atoms with van der Waals surface area (Å²) in [5.41, 5.74) is 0.609. The lowest BCUT2D eigenvalue weighted by molar-refractivity contribution is 0.127. The van der Waals surface area contributed by atoms with Crippen LogP contribution in [0.1, 0.15) is 52.4 Å². The highest BCUT2D eigenvalue weighted by atomic mass is 16.5. The van der Waals surface area contributed by atoms with Crippen LogP contribution in [0.5, 0.6) is 0 Å². The average Bonchev–Trinajstić information content (AvgIpc) is 3.14. The lowest BCUT2D eigenvalue weighted by Gasteiger charge is -2.21. The maximum Gasteiger partial charge on any atom is 0.0471 e. The van der Waals surface area contributed by atoms with Gasteiger partial charge in [0.1, 0.15) is 0 Å². The van der Waals surface area contributed by atoms with E-state index < -0.39 is 0 Å². The summed E-state index contributed by atoms with van der Waals surface area (Å²) < 4.78 is 5.47. The van der Waals surface area contributed by atoms with Gasteiger partial charge < -0.3 is 10.1 Å². The Balaban J connectivity index is 1.63. The molecule has 1 N–H and O–H groups in total. The van der Waals surface area contributed by atoms with E-state index in [1.54, 1.807) is 0 Å². The second-order valence-electron chi connectivity index (χ2n) is 5.68. The Morgan fingerprint density at radius 2 is 2.06 bits per heavy atom.